The first-order valence-corrected chi connectivity index (χ1v) is 8.91. The Balaban J connectivity index is 1.82. The van der Waals surface area contributed by atoms with Gasteiger partial charge in [-0.1, -0.05) is 0 Å². The molecule has 1 amide bonds. The number of nitrogens with one attached hydrogen (secondary N) is 1. The lowest BCUT2D eigenvalue weighted by molar-refractivity contribution is -0.130. The van der Waals surface area contributed by atoms with Gasteiger partial charge >= 0.3 is 0 Å². The number of β-amino-alcohol motifs (C(OH)–C–C–N with tert-alkyl or cyclic N) is 1. The minimum absolute atomic E-state index is 0.245. The van der Waals surface area contributed by atoms with Gasteiger partial charge in [-0.15, -0.1) is 0 Å². The molecule has 0 aliphatic carbocycles. The van der Waals surface area contributed by atoms with Crippen LogP contribution in [0.1, 0.15) is 6.42 Å². The molecule has 0 spiro atoms. The highest BCUT2D eigenvalue weighted by atomic mass is 32.2. The Kier molecular flexibility index (Phi) is 5.20. The zero-order valence-corrected chi connectivity index (χ0v) is 13.1. The van der Waals surface area contributed by atoms with Crippen molar-refractivity contribution in [2.75, 3.05) is 58.7 Å². The molecule has 2 aliphatic heterocycles. The Bertz CT molecular complexity index is 477. The Morgan fingerprint density at radius 2 is 2.00 bits per heavy atom. The average Bonchev–Trinajstić information content (AvgIpc) is 2.78. The predicted molar refractivity (Wildman–Crippen MR) is 76.3 cm³/mol. The SMILES string of the molecule is CS(=O)(=O)NCC(=O)N1CC[C@](O)(CN2CCOCC2)C1. The van der Waals surface area contributed by atoms with Crippen molar-refractivity contribution in [3.63, 3.8) is 0 Å². The molecule has 1 atom stereocenters. The van der Waals surface area contributed by atoms with Gasteiger partial charge in [-0.3, -0.25) is 9.69 Å². The number of hydrogen-bond acceptors (Lipinski definition) is 6. The molecule has 0 aromatic heterocycles. The maximum absolute atomic E-state index is 11.9. The number of nitrogens with zero attached hydrogens (tertiary/aromatic N) is 2. The second kappa shape index (κ2) is 6.57. The van der Waals surface area contributed by atoms with Crippen molar-refractivity contribution in [3.05, 3.63) is 0 Å². The standard InChI is InChI=1S/C12H23N3O5S/c1-21(18,19)13-8-11(16)15-3-2-12(17,10-15)9-14-4-6-20-7-5-14/h13,17H,2-10H2,1H3/t12-/m0/s1. The smallest absolute Gasteiger partial charge is 0.237 e. The summed E-state index contributed by atoms with van der Waals surface area (Å²) in [6, 6.07) is 0. The van der Waals surface area contributed by atoms with Crippen LogP contribution < -0.4 is 4.72 Å². The lowest BCUT2D eigenvalue weighted by atomic mass is 10.0. The molecule has 122 valence electrons. The first kappa shape index (κ1) is 16.6. The Morgan fingerprint density at radius 1 is 1.33 bits per heavy atom. The number of rotatable bonds is 5. The van der Waals surface area contributed by atoms with Crippen LogP contribution in [-0.2, 0) is 19.6 Å². The van der Waals surface area contributed by atoms with Crippen LogP contribution in [0.4, 0.5) is 0 Å². The minimum atomic E-state index is -3.38. The fraction of sp³-hybridized carbons (Fsp3) is 0.917. The molecule has 2 N–H and O–H groups in total. The van der Waals surface area contributed by atoms with Gasteiger partial charge in [0.2, 0.25) is 15.9 Å². The molecule has 21 heavy (non-hydrogen) atoms. The molecule has 2 fully saturated rings. The van der Waals surface area contributed by atoms with E-state index in [4.69, 9.17) is 4.74 Å². The molecule has 0 saturated carbocycles. The molecule has 0 bridgehead atoms. The van der Waals surface area contributed by atoms with Crippen molar-refractivity contribution in [1.82, 2.24) is 14.5 Å². The second-order valence-electron chi connectivity index (χ2n) is 5.77. The number of hydrogen-bond donors (Lipinski definition) is 2. The molecular weight excluding hydrogens is 298 g/mol. The van der Waals surface area contributed by atoms with Crippen LogP contribution in [0.25, 0.3) is 0 Å². The van der Waals surface area contributed by atoms with Gasteiger partial charge in [0.1, 0.15) is 0 Å². The van der Waals surface area contributed by atoms with Gasteiger partial charge in [0.05, 0.1) is 38.2 Å². The van der Waals surface area contributed by atoms with Crippen LogP contribution in [0.15, 0.2) is 0 Å². The van der Waals surface area contributed by atoms with Crippen LogP contribution in [0, 0.1) is 0 Å². The van der Waals surface area contributed by atoms with Crippen molar-refractivity contribution in [2.24, 2.45) is 0 Å². The molecular formula is C12H23N3O5S. The van der Waals surface area contributed by atoms with Gasteiger partial charge < -0.3 is 14.7 Å². The van der Waals surface area contributed by atoms with Crippen molar-refractivity contribution in [2.45, 2.75) is 12.0 Å². The highest BCUT2D eigenvalue weighted by Gasteiger charge is 2.39. The fourth-order valence-electron chi connectivity index (χ4n) is 2.68. The summed E-state index contributed by atoms with van der Waals surface area (Å²) in [5.41, 5.74) is -0.919. The summed E-state index contributed by atoms with van der Waals surface area (Å²) < 4.78 is 29.4. The van der Waals surface area contributed by atoms with Gasteiger partial charge in [0.25, 0.3) is 0 Å². The number of carbonyl (C=O) groups excluding carboxylic acids is 1. The number of aliphatic hydroxyl groups is 1. The van der Waals surface area contributed by atoms with E-state index in [1.54, 1.807) is 0 Å². The maximum Gasteiger partial charge on any atom is 0.237 e. The van der Waals surface area contributed by atoms with E-state index in [0.717, 1.165) is 19.3 Å². The molecule has 0 radical (unpaired) electrons. The maximum atomic E-state index is 11.9. The van der Waals surface area contributed by atoms with E-state index in [2.05, 4.69) is 9.62 Å². The van der Waals surface area contributed by atoms with Crippen molar-refractivity contribution in [1.29, 1.82) is 0 Å². The van der Waals surface area contributed by atoms with E-state index in [-0.39, 0.29) is 19.0 Å². The quantitative estimate of drug-likeness (QED) is 0.598. The van der Waals surface area contributed by atoms with E-state index in [0.29, 0.717) is 32.7 Å². The number of likely N-dealkylation sites (tertiary alicyclic amines) is 1. The number of ether oxygens (including phenoxy) is 1. The summed E-state index contributed by atoms with van der Waals surface area (Å²) in [5.74, 6) is -0.307. The van der Waals surface area contributed by atoms with Gasteiger partial charge in [-0.2, -0.15) is 0 Å². The highest BCUT2D eigenvalue weighted by molar-refractivity contribution is 7.88. The molecule has 0 unspecified atom stereocenters. The Morgan fingerprint density at radius 3 is 2.62 bits per heavy atom. The third-order valence-corrected chi connectivity index (χ3v) is 4.46. The van der Waals surface area contributed by atoms with Crippen LogP contribution in [0.2, 0.25) is 0 Å². The summed E-state index contributed by atoms with van der Waals surface area (Å²) in [5, 5.41) is 10.6. The number of carbonyl (C=O) groups is 1. The van der Waals surface area contributed by atoms with Gasteiger partial charge in [-0.05, 0) is 6.42 Å². The van der Waals surface area contributed by atoms with E-state index in [1.807, 2.05) is 0 Å². The molecule has 2 rings (SSSR count). The van der Waals surface area contributed by atoms with E-state index < -0.39 is 15.6 Å². The Labute approximate surface area is 125 Å². The average molecular weight is 321 g/mol. The van der Waals surface area contributed by atoms with Gasteiger partial charge in [-0.25, -0.2) is 13.1 Å². The first-order valence-electron chi connectivity index (χ1n) is 7.02. The first-order chi connectivity index (χ1) is 9.77. The number of sulfonamides is 1. The summed E-state index contributed by atoms with van der Waals surface area (Å²) in [7, 11) is -3.38. The largest absolute Gasteiger partial charge is 0.387 e. The summed E-state index contributed by atoms with van der Waals surface area (Å²) in [6.07, 6.45) is 1.52. The molecule has 2 saturated heterocycles. The highest BCUT2D eigenvalue weighted by Crippen LogP contribution is 2.23. The molecule has 9 heteroatoms. The molecule has 2 heterocycles. The zero-order valence-electron chi connectivity index (χ0n) is 12.2. The van der Waals surface area contributed by atoms with Crippen molar-refractivity contribution >= 4 is 15.9 Å². The zero-order chi connectivity index (χ0) is 15.5. The normalized spacial score (nSPS) is 28.0. The summed E-state index contributed by atoms with van der Waals surface area (Å²) in [6.45, 7) is 3.84. The molecule has 0 aromatic rings. The number of amides is 1. The number of morpholine rings is 1. The molecule has 2 aliphatic rings. The van der Waals surface area contributed by atoms with Crippen molar-refractivity contribution in [3.8, 4) is 0 Å². The lowest BCUT2D eigenvalue weighted by Gasteiger charge is -2.33. The van der Waals surface area contributed by atoms with Crippen LogP contribution in [0.5, 0.6) is 0 Å². The van der Waals surface area contributed by atoms with Crippen LogP contribution in [-0.4, -0.2) is 93.6 Å². The minimum Gasteiger partial charge on any atom is -0.387 e. The lowest BCUT2D eigenvalue weighted by Crippen LogP contribution is -2.49. The van der Waals surface area contributed by atoms with Gasteiger partial charge in [0, 0.05) is 26.2 Å². The van der Waals surface area contributed by atoms with Crippen LogP contribution >= 0.6 is 0 Å². The molecule has 8 nitrogen and oxygen atoms in total. The van der Waals surface area contributed by atoms with E-state index >= 15 is 0 Å². The van der Waals surface area contributed by atoms with Crippen molar-refractivity contribution < 1.29 is 23.1 Å². The second-order valence-corrected chi connectivity index (χ2v) is 7.60. The summed E-state index contributed by atoms with van der Waals surface area (Å²) >= 11 is 0. The monoisotopic (exact) mass is 321 g/mol. The third-order valence-electron chi connectivity index (χ3n) is 3.79. The van der Waals surface area contributed by atoms with E-state index in [9.17, 15) is 18.3 Å². The van der Waals surface area contributed by atoms with Crippen LogP contribution in [0.3, 0.4) is 0 Å². The Hall–Kier alpha value is -0.740. The van der Waals surface area contributed by atoms with Gasteiger partial charge in [0.15, 0.2) is 0 Å². The predicted octanol–water partition coefficient (Wildman–Crippen LogP) is -2.17. The third kappa shape index (κ3) is 5.19. The summed E-state index contributed by atoms with van der Waals surface area (Å²) in [4.78, 5) is 15.6. The fourth-order valence-corrected chi connectivity index (χ4v) is 3.06. The van der Waals surface area contributed by atoms with E-state index in [1.165, 1.54) is 4.90 Å². The molecule has 0 aromatic carbocycles. The topological polar surface area (TPSA) is 99.2 Å².